The zero-order valence-electron chi connectivity index (χ0n) is 12.5. The van der Waals surface area contributed by atoms with Gasteiger partial charge in [0.25, 0.3) is 0 Å². The molecule has 0 aliphatic carbocycles. The predicted octanol–water partition coefficient (Wildman–Crippen LogP) is 5.84. The van der Waals surface area contributed by atoms with Gasteiger partial charge < -0.3 is 10.1 Å². The molecule has 0 atom stereocenters. The number of nitrogens with one attached hydrogen (secondary N) is 1. The van der Waals surface area contributed by atoms with E-state index in [4.69, 9.17) is 5.11 Å². The third-order valence-electron chi connectivity index (χ3n) is 3.81. The van der Waals surface area contributed by atoms with Crippen molar-refractivity contribution in [3.8, 4) is 32.3 Å². The fourth-order valence-electron chi connectivity index (χ4n) is 2.65. The van der Waals surface area contributed by atoms with E-state index in [9.17, 15) is 4.79 Å². The summed E-state index contributed by atoms with van der Waals surface area (Å²) in [6.07, 6.45) is 0. The van der Waals surface area contributed by atoms with Crippen LogP contribution in [0.3, 0.4) is 0 Å². The van der Waals surface area contributed by atoms with Crippen molar-refractivity contribution in [1.29, 1.82) is 0 Å². The predicted molar refractivity (Wildman–Crippen MR) is 99.8 cm³/mol. The molecule has 0 fully saturated rings. The Hall–Kier alpha value is -2.63. The number of benzene rings is 1. The van der Waals surface area contributed by atoms with Crippen LogP contribution in [0, 0.1) is 0 Å². The highest BCUT2D eigenvalue weighted by Gasteiger charge is 2.15. The van der Waals surface area contributed by atoms with Gasteiger partial charge >= 0.3 is 5.97 Å². The summed E-state index contributed by atoms with van der Waals surface area (Å²) in [6.45, 7) is 0. The van der Waals surface area contributed by atoms with Gasteiger partial charge in [0.15, 0.2) is 0 Å². The lowest BCUT2D eigenvalue weighted by molar-refractivity contribution is 0.0697. The van der Waals surface area contributed by atoms with E-state index in [0.29, 0.717) is 5.56 Å². The van der Waals surface area contributed by atoms with Gasteiger partial charge in [-0.05, 0) is 46.7 Å². The summed E-state index contributed by atoms with van der Waals surface area (Å²) in [7, 11) is 0. The topological polar surface area (TPSA) is 53.1 Å². The van der Waals surface area contributed by atoms with Crippen LogP contribution < -0.4 is 0 Å². The van der Waals surface area contributed by atoms with E-state index < -0.39 is 5.97 Å². The number of aromatic amines is 1. The molecule has 24 heavy (non-hydrogen) atoms. The van der Waals surface area contributed by atoms with Gasteiger partial charge in [0, 0.05) is 5.56 Å². The van der Waals surface area contributed by atoms with E-state index in [0.717, 1.165) is 27.4 Å². The molecule has 4 aromatic rings. The summed E-state index contributed by atoms with van der Waals surface area (Å²) in [5, 5.41) is 13.2. The average molecular weight is 351 g/mol. The Bertz CT molecular complexity index is 965. The number of thiophene rings is 2. The first-order valence-corrected chi connectivity index (χ1v) is 9.13. The summed E-state index contributed by atoms with van der Waals surface area (Å²) < 4.78 is 0. The first-order valence-electron chi connectivity index (χ1n) is 7.37. The molecular weight excluding hydrogens is 338 g/mol. The largest absolute Gasteiger partial charge is 0.478 e. The van der Waals surface area contributed by atoms with E-state index in [1.807, 2.05) is 24.3 Å². The van der Waals surface area contributed by atoms with Crippen molar-refractivity contribution in [2.45, 2.75) is 0 Å². The Kier molecular flexibility index (Phi) is 3.80. The molecule has 5 heteroatoms. The molecule has 0 bridgehead atoms. The van der Waals surface area contributed by atoms with E-state index in [2.05, 4.69) is 33.9 Å². The minimum absolute atomic E-state index is 0.297. The van der Waals surface area contributed by atoms with Gasteiger partial charge in [0.05, 0.1) is 26.7 Å². The second-order valence-electron chi connectivity index (χ2n) is 5.31. The summed E-state index contributed by atoms with van der Waals surface area (Å²) in [6, 6.07) is 17.4. The van der Waals surface area contributed by atoms with Gasteiger partial charge in [-0.2, -0.15) is 0 Å². The first-order chi connectivity index (χ1) is 11.7. The molecule has 3 nitrogen and oxygen atoms in total. The van der Waals surface area contributed by atoms with Gasteiger partial charge in [0.2, 0.25) is 0 Å². The summed E-state index contributed by atoms with van der Waals surface area (Å²) in [4.78, 5) is 16.9. The van der Waals surface area contributed by atoms with Crippen molar-refractivity contribution in [2.24, 2.45) is 0 Å². The van der Waals surface area contributed by atoms with Gasteiger partial charge in [-0.25, -0.2) is 4.79 Å². The minimum atomic E-state index is -0.909. The normalized spacial score (nSPS) is 10.8. The molecule has 0 amide bonds. The van der Waals surface area contributed by atoms with Crippen LogP contribution in [0.15, 0.2) is 65.4 Å². The summed E-state index contributed by atoms with van der Waals surface area (Å²) in [5.74, 6) is -0.909. The second kappa shape index (κ2) is 6.11. The number of carboxylic acids is 1. The Morgan fingerprint density at radius 2 is 1.58 bits per heavy atom. The van der Waals surface area contributed by atoms with E-state index in [1.54, 1.807) is 34.8 Å². The third-order valence-corrected chi connectivity index (χ3v) is 5.61. The number of carbonyl (C=O) groups is 1. The molecule has 0 spiro atoms. The molecule has 1 aromatic carbocycles. The molecule has 3 heterocycles. The quantitative estimate of drug-likeness (QED) is 0.485. The SMILES string of the molecule is O=C(O)c1ccc(-c2cc(-c3cccs3)[nH]c2-c2cccs2)cc1. The maximum absolute atomic E-state index is 11.1. The molecule has 0 aliphatic rings. The molecule has 0 radical (unpaired) electrons. The number of hydrogen-bond donors (Lipinski definition) is 2. The number of H-pyrrole nitrogens is 1. The molecule has 3 aromatic heterocycles. The Morgan fingerprint density at radius 1 is 0.917 bits per heavy atom. The van der Waals surface area contributed by atoms with Crippen molar-refractivity contribution >= 4 is 28.6 Å². The average Bonchev–Trinajstić information content (AvgIpc) is 3.33. The van der Waals surface area contributed by atoms with Crippen LogP contribution in [-0.4, -0.2) is 16.1 Å². The maximum Gasteiger partial charge on any atom is 0.335 e. The van der Waals surface area contributed by atoms with E-state index >= 15 is 0 Å². The van der Waals surface area contributed by atoms with Crippen molar-refractivity contribution in [2.75, 3.05) is 0 Å². The zero-order valence-corrected chi connectivity index (χ0v) is 14.2. The zero-order chi connectivity index (χ0) is 16.5. The summed E-state index contributed by atoms with van der Waals surface area (Å²) in [5.41, 5.74) is 4.52. The molecule has 4 rings (SSSR count). The van der Waals surface area contributed by atoms with Crippen LogP contribution in [0.1, 0.15) is 10.4 Å². The van der Waals surface area contributed by atoms with Crippen molar-refractivity contribution in [3.63, 3.8) is 0 Å². The monoisotopic (exact) mass is 351 g/mol. The number of aromatic carboxylic acids is 1. The Balaban J connectivity index is 1.85. The van der Waals surface area contributed by atoms with E-state index in [-0.39, 0.29) is 0 Å². The van der Waals surface area contributed by atoms with Crippen molar-refractivity contribution in [3.05, 3.63) is 70.9 Å². The van der Waals surface area contributed by atoms with Crippen molar-refractivity contribution in [1.82, 2.24) is 4.98 Å². The molecule has 2 N–H and O–H groups in total. The van der Waals surface area contributed by atoms with Crippen LogP contribution in [0.2, 0.25) is 0 Å². The highest BCUT2D eigenvalue weighted by Crippen LogP contribution is 2.38. The Morgan fingerprint density at radius 3 is 2.17 bits per heavy atom. The lowest BCUT2D eigenvalue weighted by Gasteiger charge is -2.03. The highest BCUT2D eigenvalue weighted by atomic mass is 32.1. The lowest BCUT2D eigenvalue weighted by Crippen LogP contribution is -1.94. The fourth-order valence-corrected chi connectivity index (χ4v) is 4.09. The standard InChI is InChI=1S/C19H13NO2S2/c21-19(22)13-7-5-12(6-8-13)14-11-15(16-3-1-9-23-16)20-18(14)17-4-2-10-24-17/h1-11,20H,(H,21,22). The third kappa shape index (κ3) is 2.68. The molecule has 0 unspecified atom stereocenters. The number of carboxylic acid groups (broad SMARTS) is 1. The van der Waals surface area contributed by atoms with Gasteiger partial charge in [0.1, 0.15) is 0 Å². The smallest absolute Gasteiger partial charge is 0.335 e. The lowest BCUT2D eigenvalue weighted by atomic mass is 10.0. The number of rotatable bonds is 4. The first kappa shape index (κ1) is 14.9. The van der Waals surface area contributed by atoms with Gasteiger partial charge in [-0.1, -0.05) is 24.3 Å². The minimum Gasteiger partial charge on any atom is -0.478 e. The van der Waals surface area contributed by atoms with E-state index in [1.165, 1.54) is 4.88 Å². The maximum atomic E-state index is 11.1. The number of aromatic nitrogens is 1. The van der Waals surface area contributed by atoms with Crippen LogP contribution in [0.4, 0.5) is 0 Å². The molecule has 0 saturated heterocycles. The van der Waals surface area contributed by atoms with Crippen LogP contribution >= 0.6 is 22.7 Å². The van der Waals surface area contributed by atoms with Crippen molar-refractivity contribution < 1.29 is 9.90 Å². The van der Waals surface area contributed by atoms with Gasteiger partial charge in [-0.15, -0.1) is 22.7 Å². The summed E-state index contributed by atoms with van der Waals surface area (Å²) >= 11 is 3.37. The molecular formula is C19H13NO2S2. The molecule has 0 saturated carbocycles. The highest BCUT2D eigenvalue weighted by molar-refractivity contribution is 7.14. The van der Waals surface area contributed by atoms with Crippen LogP contribution in [-0.2, 0) is 0 Å². The fraction of sp³-hybridized carbons (Fsp3) is 0. The molecule has 118 valence electrons. The second-order valence-corrected chi connectivity index (χ2v) is 7.20. The van der Waals surface area contributed by atoms with Gasteiger partial charge in [-0.3, -0.25) is 0 Å². The van der Waals surface area contributed by atoms with Crippen LogP contribution in [0.5, 0.6) is 0 Å². The Labute approximate surface area is 146 Å². The molecule has 0 aliphatic heterocycles. The van der Waals surface area contributed by atoms with Crippen LogP contribution in [0.25, 0.3) is 32.3 Å². The number of hydrogen-bond acceptors (Lipinski definition) is 3.